The molecule has 0 heterocycles. The molecule has 0 aromatic rings. The van der Waals surface area contributed by atoms with E-state index in [0.29, 0.717) is 17.1 Å². The van der Waals surface area contributed by atoms with Gasteiger partial charge < -0.3 is 34.8 Å². The maximum atomic E-state index is 10.2. The fourth-order valence-corrected chi connectivity index (χ4v) is 1.39. The zero-order valence-electron chi connectivity index (χ0n) is 13.1. The smallest absolute Gasteiger partial charge is 0.332 e. The van der Waals surface area contributed by atoms with E-state index in [4.69, 9.17) is 20.4 Å². The number of likely N-dealkylation sites (N-methyl/N-ethyl adjacent to an activating group) is 1. The van der Waals surface area contributed by atoms with Gasteiger partial charge in [0.25, 0.3) is 0 Å². The number of nitrogens with zero attached hydrogens (tertiary/aromatic N) is 1. The van der Waals surface area contributed by atoms with Crippen molar-refractivity contribution in [1.82, 2.24) is 0 Å². The molecule has 0 aliphatic heterocycles. The standard InChI is InChI=1S/C7H15NO3.C6H6O6/c1-8(2,3)5-6(9)4-7(10)11;7-4(8)1-3(6(11)12)2-5(9)10/h6,9H,4-5H2,1-3H3;1H,2H2,(H,7,8)(H,9,10)(H,11,12). The Labute approximate surface area is 132 Å². The minimum Gasteiger partial charge on any atom is -0.550 e. The molecule has 0 amide bonds. The molecule has 23 heavy (non-hydrogen) atoms. The third-order valence-corrected chi connectivity index (χ3v) is 2.07. The van der Waals surface area contributed by atoms with Crippen LogP contribution in [0.4, 0.5) is 0 Å². The molecule has 0 saturated carbocycles. The lowest BCUT2D eigenvalue weighted by molar-refractivity contribution is -0.873. The first-order chi connectivity index (χ1) is 10.2. The van der Waals surface area contributed by atoms with Crippen LogP contribution in [0.2, 0.25) is 0 Å². The number of carboxylic acid groups (broad SMARTS) is 4. The van der Waals surface area contributed by atoms with E-state index in [2.05, 4.69) is 0 Å². The fraction of sp³-hybridized carbons (Fsp3) is 0.538. The molecular formula is C13H21NO9. The van der Waals surface area contributed by atoms with Gasteiger partial charge in [-0.25, -0.2) is 9.59 Å². The number of hydrogen-bond donors (Lipinski definition) is 4. The second kappa shape index (κ2) is 10.3. The van der Waals surface area contributed by atoms with Gasteiger partial charge >= 0.3 is 17.9 Å². The van der Waals surface area contributed by atoms with Crippen LogP contribution in [0.5, 0.6) is 0 Å². The maximum absolute atomic E-state index is 10.2. The molecule has 0 aliphatic carbocycles. The Hall–Kier alpha value is -2.46. The summed E-state index contributed by atoms with van der Waals surface area (Å²) in [5.74, 6) is -5.61. The van der Waals surface area contributed by atoms with Crippen LogP contribution in [0, 0.1) is 0 Å². The number of carbonyl (C=O) groups excluding carboxylic acids is 1. The molecule has 10 heteroatoms. The van der Waals surface area contributed by atoms with E-state index in [-0.39, 0.29) is 6.42 Å². The molecule has 0 spiro atoms. The minimum atomic E-state index is -1.54. The molecule has 1 unspecified atom stereocenters. The van der Waals surface area contributed by atoms with Gasteiger partial charge in [0.15, 0.2) is 0 Å². The minimum absolute atomic E-state index is 0.282. The fourth-order valence-electron chi connectivity index (χ4n) is 1.39. The summed E-state index contributed by atoms with van der Waals surface area (Å²) < 4.78 is 0.550. The van der Waals surface area contributed by atoms with E-state index in [0.717, 1.165) is 0 Å². The molecule has 0 rings (SSSR count). The highest BCUT2D eigenvalue weighted by Gasteiger charge is 2.15. The van der Waals surface area contributed by atoms with E-state index < -0.39 is 42.0 Å². The van der Waals surface area contributed by atoms with E-state index in [1.807, 2.05) is 21.1 Å². The Balaban J connectivity index is 0. The summed E-state index contributed by atoms with van der Waals surface area (Å²) >= 11 is 0. The van der Waals surface area contributed by atoms with Crippen molar-refractivity contribution in [2.45, 2.75) is 18.9 Å². The van der Waals surface area contributed by atoms with Crippen molar-refractivity contribution in [3.8, 4) is 0 Å². The summed E-state index contributed by atoms with van der Waals surface area (Å²) in [6.45, 7) is 0.425. The Morgan fingerprint density at radius 1 is 1.09 bits per heavy atom. The first-order valence-electron chi connectivity index (χ1n) is 6.31. The number of carbonyl (C=O) groups is 4. The number of aliphatic hydroxyl groups is 1. The predicted octanol–water partition coefficient (Wildman–Crippen LogP) is -2.25. The van der Waals surface area contributed by atoms with Crippen LogP contribution in [0.25, 0.3) is 0 Å². The molecule has 4 N–H and O–H groups in total. The topological polar surface area (TPSA) is 172 Å². The summed E-state index contributed by atoms with van der Waals surface area (Å²) in [4.78, 5) is 40.2. The van der Waals surface area contributed by atoms with Crippen LogP contribution in [0.3, 0.4) is 0 Å². The van der Waals surface area contributed by atoms with Crippen LogP contribution in [-0.4, -0.2) is 82.6 Å². The molecule has 132 valence electrons. The number of aliphatic hydroxyl groups excluding tert-OH is 1. The summed E-state index contributed by atoms with van der Waals surface area (Å²) in [6.07, 6.45) is -1.53. The number of quaternary nitrogens is 1. The van der Waals surface area contributed by atoms with E-state index in [1.165, 1.54) is 0 Å². The van der Waals surface area contributed by atoms with Gasteiger partial charge in [0.2, 0.25) is 0 Å². The third kappa shape index (κ3) is 17.5. The molecule has 0 aromatic heterocycles. The van der Waals surface area contributed by atoms with E-state index >= 15 is 0 Å². The lowest BCUT2D eigenvalue weighted by Crippen LogP contribution is -2.43. The zero-order valence-corrected chi connectivity index (χ0v) is 13.1. The molecule has 1 atom stereocenters. The average Bonchev–Trinajstić information content (AvgIpc) is 2.23. The van der Waals surface area contributed by atoms with Gasteiger partial charge in [-0.15, -0.1) is 0 Å². The van der Waals surface area contributed by atoms with Crippen molar-refractivity contribution in [2.24, 2.45) is 0 Å². The van der Waals surface area contributed by atoms with Crippen LogP contribution in [0.1, 0.15) is 12.8 Å². The lowest BCUT2D eigenvalue weighted by atomic mass is 10.2. The van der Waals surface area contributed by atoms with Crippen LogP contribution in [0.15, 0.2) is 11.6 Å². The summed E-state index contributed by atoms with van der Waals surface area (Å²) in [5.41, 5.74) is -0.657. The molecule has 0 saturated heterocycles. The van der Waals surface area contributed by atoms with Crippen molar-refractivity contribution >= 4 is 23.9 Å². The first kappa shape index (κ1) is 22.8. The zero-order chi connectivity index (χ0) is 18.8. The summed E-state index contributed by atoms with van der Waals surface area (Å²) in [5, 5.41) is 43.7. The van der Waals surface area contributed by atoms with Gasteiger partial charge in [-0.1, -0.05) is 0 Å². The lowest BCUT2D eigenvalue weighted by Gasteiger charge is -2.26. The van der Waals surface area contributed by atoms with Crippen molar-refractivity contribution in [1.29, 1.82) is 0 Å². The van der Waals surface area contributed by atoms with E-state index in [9.17, 15) is 24.3 Å². The number of rotatable bonds is 8. The quantitative estimate of drug-likeness (QED) is 0.282. The number of hydrogen-bond acceptors (Lipinski definition) is 6. The maximum Gasteiger partial charge on any atom is 0.332 e. The largest absolute Gasteiger partial charge is 0.550 e. The highest BCUT2D eigenvalue weighted by atomic mass is 16.4. The van der Waals surface area contributed by atoms with Gasteiger partial charge in [-0.2, -0.15) is 0 Å². The molecule has 0 bridgehead atoms. The van der Waals surface area contributed by atoms with Crippen LogP contribution >= 0.6 is 0 Å². The van der Waals surface area contributed by atoms with Gasteiger partial charge in [0, 0.05) is 18.5 Å². The van der Waals surface area contributed by atoms with Crippen LogP contribution < -0.4 is 5.11 Å². The van der Waals surface area contributed by atoms with Crippen molar-refractivity contribution < 1.29 is 49.2 Å². The predicted molar refractivity (Wildman–Crippen MR) is 74.1 cm³/mol. The Morgan fingerprint density at radius 2 is 1.57 bits per heavy atom. The SMILES string of the molecule is C[N+](C)(C)CC(O)CC(=O)[O-].O=C(O)C=C(CC(=O)O)C(=O)O. The van der Waals surface area contributed by atoms with Gasteiger partial charge in [-0.05, 0) is 0 Å². The molecule has 0 radical (unpaired) electrons. The monoisotopic (exact) mass is 335 g/mol. The Morgan fingerprint density at radius 3 is 1.83 bits per heavy atom. The van der Waals surface area contributed by atoms with Crippen LogP contribution in [-0.2, 0) is 19.2 Å². The van der Waals surface area contributed by atoms with Crippen molar-refractivity contribution in [3.63, 3.8) is 0 Å². The molecule has 0 aliphatic rings. The number of carboxylic acids is 4. The van der Waals surface area contributed by atoms with Gasteiger partial charge in [-0.3, -0.25) is 4.79 Å². The second-order valence-corrected chi connectivity index (χ2v) is 5.59. The average molecular weight is 335 g/mol. The highest BCUT2D eigenvalue weighted by Crippen LogP contribution is 2.01. The molecule has 10 nitrogen and oxygen atoms in total. The van der Waals surface area contributed by atoms with E-state index in [1.54, 1.807) is 0 Å². The summed E-state index contributed by atoms with van der Waals surface area (Å²) in [6, 6.07) is 0. The Kier molecular flexibility index (Phi) is 10.2. The molecular weight excluding hydrogens is 314 g/mol. The van der Waals surface area contributed by atoms with Crippen molar-refractivity contribution in [2.75, 3.05) is 27.7 Å². The molecule has 0 fully saturated rings. The third-order valence-electron chi connectivity index (χ3n) is 2.07. The van der Waals surface area contributed by atoms with Gasteiger partial charge in [0.05, 0.1) is 33.1 Å². The van der Waals surface area contributed by atoms with Crippen molar-refractivity contribution in [3.05, 3.63) is 11.6 Å². The second-order valence-electron chi connectivity index (χ2n) is 5.59. The summed E-state index contributed by atoms with van der Waals surface area (Å²) in [7, 11) is 5.66. The Bertz CT molecular complexity index is 476. The molecule has 0 aromatic carbocycles. The highest BCUT2D eigenvalue weighted by molar-refractivity contribution is 5.98. The normalized spacial score (nSPS) is 12.6. The van der Waals surface area contributed by atoms with Gasteiger partial charge in [0.1, 0.15) is 12.6 Å². The first-order valence-corrected chi connectivity index (χ1v) is 6.31. The number of aliphatic carboxylic acids is 4.